The van der Waals surface area contributed by atoms with Crippen LogP contribution in [0.1, 0.15) is 25.7 Å². The molecule has 2 aliphatic heterocycles. The highest BCUT2D eigenvalue weighted by Crippen LogP contribution is 2.19. The highest BCUT2D eigenvalue weighted by atomic mass is 32.2. The average molecular weight is 369 g/mol. The fraction of sp³-hybridized carbons (Fsp3) is 0.588. The maximum Gasteiger partial charge on any atom is 0.240 e. The highest BCUT2D eigenvalue weighted by molar-refractivity contribution is 7.89. The number of likely N-dealkylation sites (tertiary alicyclic amines) is 1. The summed E-state index contributed by atoms with van der Waals surface area (Å²) in [5, 5.41) is 3.25. The Bertz CT molecular complexity index is 694. The van der Waals surface area contributed by atoms with Crippen molar-refractivity contribution < 1.29 is 17.6 Å². The molecular weight excluding hydrogens is 345 g/mol. The van der Waals surface area contributed by atoms with Gasteiger partial charge in [0.25, 0.3) is 0 Å². The lowest BCUT2D eigenvalue weighted by atomic mass is 9.96. The smallest absolute Gasteiger partial charge is 0.240 e. The monoisotopic (exact) mass is 369 g/mol. The van der Waals surface area contributed by atoms with Gasteiger partial charge in [-0.2, -0.15) is 0 Å². The summed E-state index contributed by atoms with van der Waals surface area (Å²) in [5.41, 5.74) is 0. The summed E-state index contributed by atoms with van der Waals surface area (Å²) in [7, 11) is -3.66. The maximum atomic E-state index is 12.9. The van der Waals surface area contributed by atoms with Crippen LogP contribution in [0.25, 0.3) is 0 Å². The summed E-state index contributed by atoms with van der Waals surface area (Å²) < 4.78 is 40.3. The van der Waals surface area contributed by atoms with Crippen molar-refractivity contribution >= 4 is 15.9 Å². The number of sulfonamides is 1. The Kier molecular flexibility index (Phi) is 5.71. The fourth-order valence-electron chi connectivity index (χ4n) is 3.44. The van der Waals surface area contributed by atoms with Crippen LogP contribution in [0, 0.1) is 11.7 Å². The highest BCUT2D eigenvalue weighted by Gasteiger charge is 2.30. The number of halogens is 1. The SMILES string of the molecule is O=C(C1CCCNC1)N1CCC(NS(=O)(=O)c2ccc(F)cc2)CC1. The molecule has 2 N–H and O–H groups in total. The summed E-state index contributed by atoms with van der Waals surface area (Å²) in [6.07, 6.45) is 3.12. The predicted octanol–water partition coefficient (Wildman–Crippen LogP) is 1.09. The summed E-state index contributed by atoms with van der Waals surface area (Å²) in [4.78, 5) is 14.4. The van der Waals surface area contributed by atoms with Crippen LogP contribution in [0.3, 0.4) is 0 Å². The zero-order valence-corrected chi connectivity index (χ0v) is 14.9. The van der Waals surface area contributed by atoms with Crippen molar-refractivity contribution in [1.82, 2.24) is 14.9 Å². The van der Waals surface area contributed by atoms with Crippen LogP contribution in [-0.2, 0) is 14.8 Å². The minimum absolute atomic E-state index is 0.0428. The molecule has 138 valence electrons. The Morgan fingerprint density at radius 2 is 1.84 bits per heavy atom. The Morgan fingerprint density at radius 3 is 2.44 bits per heavy atom. The second kappa shape index (κ2) is 7.80. The molecule has 0 bridgehead atoms. The average Bonchev–Trinajstić information content (AvgIpc) is 2.62. The first-order valence-electron chi connectivity index (χ1n) is 8.73. The number of carbonyl (C=O) groups excluding carboxylic acids is 1. The van der Waals surface area contributed by atoms with Crippen LogP contribution < -0.4 is 10.0 Å². The van der Waals surface area contributed by atoms with Crippen LogP contribution in [0.4, 0.5) is 4.39 Å². The molecule has 1 atom stereocenters. The Labute approximate surface area is 147 Å². The van der Waals surface area contributed by atoms with Gasteiger partial charge >= 0.3 is 0 Å². The minimum atomic E-state index is -3.66. The second-order valence-electron chi connectivity index (χ2n) is 6.72. The standard InChI is InChI=1S/C17H24FN3O3S/c18-14-3-5-16(6-4-14)25(23,24)20-15-7-10-21(11-8-15)17(22)13-2-1-9-19-12-13/h3-6,13,15,19-20H,1-2,7-12H2. The van der Waals surface area contributed by atoms with Crippen LogP contribution in [0.5, 0.6) is 0 Å². The normalized spacial score (nSPS) is 22.8. The summed E-state index contributed by atoms with van der Waals surface area (Å²) in [5.74, 6) is -0.253. The van der Waals surface area contributed by atoms with Crippen LogP contribution in [0.15, 0.2) is 29.2 Å². The van der Waals surface area contributed by atoms with Crippen LogP contribution in [0.2, 0.25) is 0 Å². The van der Waals surface area contributed by atoms with Gasteiger partial charge in [-0.3, -0.25) is 4.79 Å². The van der Waals surface area contributed by atoms with Gasteiger partial charge in [-0.15, -0.1) is 0 Å². The first kappa shape index (κ1) is 18.3. The van der Waals surface area contributed by atoms with Gasteiger partial charge in [0.05, 0.1) is 10.8 Å². The summed E-state index contributed by atoms with van der Waals surface area (Å²) in [6.45, 7) is 2.82. The van der Waals surface area contributed by atoms with Gasteiger partial charge in [-0.25, -0.2) is 17.5 Å². The van der Waals surface area contributed by atoms with E-state index in [1.54, 1.807) is 0 Å². The third-order valence-electron chi connectivity index (χ3n) is 4.90. The lowest BCUT2D eigenvalue weighted by Crippen LogP contribution is -2.49. The fourth-order valence-corrected chi connectivity index (χ4v) is 4.74. The van der Waals surface area contributed by atoms with Crippen molar-refractivity contribution in [3.05, 3.63) is 30.1 Å². The van der Waals surface area contributed by atoms with Crippen LogP contribution in [-0.4, -0.2) is 51.4 Å². The molecule has 0 radical (unpaired) electrons. The molecule has 0 saturated carbocycles. The van der Waals surface area contributed by atoms with Gasteiger partial charge in [0.2, 0.25) is 15.9 Å². The number of amides is 1. The van der Waals surface area contributed by atoms with E-state index in [1.807, 2.05) is 4.90 Å². The number of rotatable bonds is 4. The number of piperidine rings is 2. The molecule has 1 unspecified atom stereocenters. The van der Waals surface area contributed by atoms with E-state index in [-0.39, 0.29) is 22.8 Å². The maximum absolute atomic E-state index is 12.9. The minimum Gasteiger partial charge on any atom is -0.342 e. The molecular formula is C17H24FN3O3S. The predicted molar refractivity (Wildman–Crippen MR) is 91.9 cm³/mol. The number of carbonyl (C=O) groups is 1. The van der Waals surface area contributed by atoms with E-state index in [0.717, 1.165) is 38.1 Å². The van der Waals surface area contributed by atoms with E-state index < -0.39 is 15.8 Å². The third-order valence-corrected chi connectivity index (χ3v) is 6.43. The van der Waals surface area contributed by atoms with Crippen molar-refractivity contribution in [2.24, 2.45) is 5.92 Å². The molecule has 1 aromatic carbocycles. The quantitative estimate of drug-likeness (QED) is 0.833. The molecule has 0 aliphatic carbocycles. The number of hydrogen-bond donors (Lipinski definition) is 2. The molecule has 2 heterocycles. The molecule has 8 heteroatoms. The first-order valence-corrected chi connectivity index (χ1v) is 10.2. The van der Waals surface area contributed by atoms with E-state index in [0.29, 0.717) is 25.9 Å². The van der Waals surface area contributed by atoms with E-state index >= 15 is 0 Å². The van der Waals surface area contributed by atoms with Gasteiger partial charge in [-0.1, -0.05) is 0 Å². The van der Waals surface area contributed by atoms with Gasteiger partial charge in [-0.05, 0) is 56.5 Å². The second-order valence-corrected chi connectivity index (χ2v) is 8.43. The lowest BCUT2D eigenvalue weighted by Gasteiger charge is -2.35. The third kappa shape index (κ3) is 4.56. The Balaban J connectivity index is 1.53. The van der Waals surface area contributed by atoms with Crippen molar-refractivity contribution in [2.75, 3.05) is 26.2 Å². The lowest BCUT2D eigenvalue weighted by molar-refractivity contribution is -0.137. The molecule has 0 aromatic heterocycles. The van der Waals surface area contributed by atoms with Gasteiger partial charge in [0.15, 0.2) is 0 Å². The zero-order chi connectivity index (χ0) is 17.9. The molecule has 2 aliphatic rings. The molecule has 6 nitrogen and oxygen atoms in total. The number of nitrogens with one attached hydrogen (secondary N) is 2. The van der Waals surface area contributed by atoms with Crippen molar-refractivity contribution in [1.29, 1.82) is 0 Å². The molecule has 25 heavy (non-hydrogen) atoms. The van der Waals surface area contributed by atoms with Gasteiger partial charge in [0.1, 0.15) is 5.82 Å². The van der Waals surface area contributed by atoms with E-state index in [4.69, 9.17) is 0 Å². The largest absolute Gasteiger partial charge is 0.342 e. The van der Waals surface area contributed by atoms with E-state index in [2.05, 4.69) is 10.0 Å². The molecule has 1 aromatic rings. The molecule has 0 spiro atoms. The van der Waals surface area contributed by atoms with Gasteiger partial charge in [0, 0.05) is 25.7 Å². The Hall–Kier alpha value is -1.51. The number of hydrogen-bond acceptors (Lipinski definition) is 4. The van der Waals surface area contributed by atoms with Crippen LogP contribution >= 0.6 is 0 Å². The van der Waals surface area contributed by atoms with Crippen molar-refractivity contribution in [3.8, 4) is 0 Å². The van der Waals surface area contributed by atoms with Crippen molar-refractivity contribution in [3.63, 3.8) is 0 Å². The van der Waals surface area contributed by atoms with E-state index in [9.17, 15) is 17.6 Å². The summed E-state index contributed by atoms with van der Waals surface area (Å²) in [6, 6.07) is 4.57. The summed E-state index contributed by atoms with van der Waals surface area (Å²) >= 11 is 0. The molecule has 3 rings (SSSR count). The molecule has 1 amide bonds. The first-order chi connectivity index (χ1) is 12.0. The van der Waals surface area contributed by atoms with Crippen molar-refractivity contribution in [2.45, 2.75) is 36.6 Å². The zero-order valence-electron chi connectivity index (χ0n) is 14.1. The topological polar surface area (TPSA) is 78.5 Å². The van der Waals surface area contributed by atoms with Gasteiger partial charge < -0.3 is 10.2 Å². The Morgan fingerprint density at radius 1 is 1.16 bits per heavy atom. The molecule has 2 saturated heterocycles. The number of benzene rings is 1. The van der Waals surface area contributed by atoms with E-state index in [1.165, 1.54) is 12.1 Å². The molecule has 2 fully saturated rings. The number of nitrogens with zero attached hydrogens (tertiary/aromatic N) is 1.